The van der Waals surface area contributed by atoms with Crippen molar-refractivity contribution in [1.82, 2.24) is 9.62 Å². The van der Waals surface area contributed by atoms with Crippen molar-refractivity contribution in [3.8, 4) is 0 Å². The van der Waals surface area contributed by atoms with E-state index >= 15 is 0 Å². The van der Waals surface area contributed by atoms with Gasteiger partial charge in [0.15, 0.2) is 6.61 Å². The molecule has 0 bridgehead atoms. The highest BCUT2D eigenvalue weighted by atomic mass is 32.2. The van der Waals surface area contributed by atoms with E-state index in [-0.39, 0.29) is 23.2 Å². The van der Waals surface area contributed by atoms with Gasteiger partial charge >= 0.3 is 5.97 Å². The van der Waals surface area contributed by atoms with E-state index in [9.17, 15) is 18.0 Å². The first-order chi connectivity index (χ1) is 13.2. The first-order valence-electron chi connectivity index (χ1n) is 9.32. The van der Waals surface area contributed by atoms with Gasteiger partial charge in [-0.1, -0.05) is 26.0 Å². The van der Waals surface area contributed by atoms with Gasteiger partial charge in [0.1, 0.15) is 11.9 Å². The Bertz CT molecular complexity index is 902. The molecular weight excluding hydrogens is 382 g/mol. The fourth-order valence-corrected chi connectivity index (χ4v) is 4.93. The minimum atomic E-state index is -3.67. The standard InChI is InChI=1S/C19H25N3O5S/c1-12-8-13(2)10-22(9-12)17(23)11-27-19(24)14(3)20-18-15-6-4-5-7-16(15)28(25,26)21-18/h4-7,12-14H,8-11H2,1-3H3,(H,20,21)/t12-,13+,14-/m0/s1. The molecule has 0 aliphatic carbocycles. The molecule has 0 unspecified atom stereocenters. The van der Waals surface area contributed by atoms with Gasteiger partial charge in [0.2, 0.25) is 0 Å². The largest absolute Gasteiger partial charge is 0.454 e. The van der Waals surface area contributed by atoms with Crippen LogP contribution >= 0.6 is 0 Å². The molecule has 0 spiro atoms. The van der Waals surface area contributed by atoms with Gasteiger partial charge in [-0.3, -0.25) is 14.5 Å². The number of carbonyl (C=O) groups excluding carboxylic acids is 2. The molecule has 1 saturated heterocycles. The third-order valence-electron chi connectivity index (χ3n) is 4.89. The number of piperidine rings is 1. The van der Waals surface area contributed by atoms with Crippen LogP contribution in [0.25, 0.3) is 0 Å². The van der Waals surface area contributed by atoms with Crippen LogP contribution in [-0.2, 0) is 24.3 Å². The molecule has 9 heteroatoms. The van der Waals surface area contributed by atoms with Crippen molar-refractivity contribution >= 4 is 27.7 Å². The zero-order chi connectivity index (χ0) is 20.5. The number of nitrogens with zero attached hydrogens (tertiary/aromatic N) is 2. The van der Waals surface area contributed by atoms with Crippen LogP contribution < -0.4 is 4.72 Å². The van der Waals surface area contributed by atoms with Crippen molar-refractivity contribution in [2.75, 3.05) is 19.7 Å². The first-order valence-corrected chi connectivity index (χ1v) is 10.8. The van der Waals surface area contributed by atoms with Crippen molar-refractivity contribution in [2.24, 2.45) is 16.8 Å². The summed E-state index contributed by atoms with van der Waals surface area (Å²) in [6, 6.07) is 5.45. The second-order valence-electron chi connectivity index (χ2n) is 7.61. The minimum Gasteiger partial charge on any atom is -0.454 e. The van der Waals surface area contributed by atoms with Crippen LogP contribution in [0.1, 0.15) is 32.8 Å². The lowest BCUT2D eigenvalue weighted by atomic mass is 9.92. The van der Waals surface area contributed by atoms with E-state index in [1.54, 1.807) is 23.1 Å². The molecule has 2 aliphatic rings. The Morgan fingerprint density at radius 2 is 1.89 bits per heavy atom. The molecule has 1 N–H and O–H groups in total. The molecule has 1 aromatic rings. The Balaban J connectivity index is 1.61. The summed E-state index contributed by atoms with van der Waals surface area (Å²) in [7, 11) is -3.67. The Hall–Kier alpha value is -2.42. The zero-order valence-electron chi connectivity index (χ0n) is 16.2. The number of benzene rings is 1. The van der Waals surface area contributed by atoms with E-state index in [2.05, 4.69) is 23.6 Å². The normalized spacial score (nSPS) is 25.7. The molecular formula is C19H25N3O5S. The van der Waals surface area contributed by atoms with Crippen molar-refractivity contribution < 1.29 is 22.7 Å². The van der Waals surface area contributed by atoms with E-state index in [1.165, 1.54) is 13.0 Å². The minimum absolute atomic E-state index is 0.102. The van der Waals surface area contributed by atoms with E-state index in [0.29, 0.717) is 30.5 Å². The van der Waals surface area contributed by atoms with Gasteiger partial charge in [0, 0.05) is 18.7 Å². The highest BCUT2D eigenvalue weighted by Gasteiger charge is 2.31. The predicted octanol–water partition coefficient (Wildman–Crippen LogP) is 1.16. The predicted molar refractivity (Wildman–Crippen MR) is 103 cm³/mol. The Morgan fingerprint density at radius 1 is 1.25 bits per heavy atom. The van der Waals surface area contributed by atoms with Gasteiger partial charge in [0.05, 0.1) is 4.90 Å². The summed E-state index contributed by atoms with van der Waals surface area (Å²) in [5.41, 5.74) is 0.412. The lowest BCUT2D eigenvalue weighted by molar-refractivity contribution is -0.153. The van der Waals surface area contributed by atoms with Crippen molar-refractivity contribution in [2.45, 2.75) is 38.1 Å². The van der Waals surface area contributed by atoms with Gasteiger partial charge in [-0.25, -0.2) is 13.2 Å². The fraction of sp³-hybridized carbons (Fsp3) is 0.526. The summed E-state index contributed by atoms with van der Waals surface area (Å²) in [5.74, 6) is 0.0412. The number of likely N-dealkylation sites (tertiary alicyclic amines) is 1. The lowest BCUT2D eigenvalue weighted by Crippen LogP contribution is -2.44. The van der Waals surface area contributed by atoms with Crippen molar-refractivity contribution in [1.29, 1.82) is 0 Å². The number of amides is 1. The van der Waals surface area contributed by atoms with E-state index in [1.807, 2.05) is 0 Å². The molecule has 0 aromatic heterocycles. The number of rotatable bonds is 4. The monoisotopic (exact) mass is 407 g/mol. The second-order valence-corrected chi connectivity index (χ2v) is 9.26. The molecule has 3 atom stereocenters. The van der Waals surface area contributed by atoms with Crippen molar-refractivity contribution in [3.05, 3.63) is 29.8 Å². The summed E-state index contributed by atoms with van der Waals surface area (Å²) in [6.07, 6.45) is 1.08. The van der Waals surface area contributed by atoms with Crippen LogP contribution in [0.2, 0.25) is 0 Å². The number of hydrogen-bond donors (Lipinski definition) is 1. The third-order valence-corrected chi connectivity index (χ3v) is 6.28. The van der Waals surface area contributed by atoms with E-state index < -0.39 is 22.0 Å². The SMILES string of the molecule is C[C@@H]1C[C@H](C)CN(C(=O)COC(=O)[C@H](C)N=C2NS(=O)(=O)c3ccccc32)C1. The van der Waals surface area contributed by atoms with Crippen LogP contribution in [0.5, 0.6) is 0 Å². The van der Waals surface area contributed by atoms with Gasteiger partial charge in [-0.15, -0.1) is 0 Å². The molecule has 152 valence electrons. The Kier molecular flexibility index (Phi) is 5.74. The summed E-state index contributed by atoms with van der Waals surface area (Å²) < 4.78 is 31.7. The molecule has 3 rings (SSSR count). The topological polar surface area (TPSA) is 105 Å². The summed E-state index contributed by atoms with van der Waals surface area (Å²) in [4.78, 5) is 30.6. The maximum Gasteiger partial charge on any atom is 0.331 e. The second kappa shape index (κ2) is 7.90. The van der Waals surface area contributed by atoms with E-state index in [4.69, 9.17) is 4.74 Å². The van der Waals surface area contributed by atoms with Crippen molar-refractivity contribution in [3.63, 3.8) is 0 Å². The maximum absolute atomic E-state index is 12.3. The number of amidine groups is 1. The average molecular weight is 407 g/mol. The molecule has 2 heterocycles. The molecule has 1 amide bonds. The highest BCUT2D eigenvalue weighted by Crippen LogP contribution is 2.23. The number of esters is 1. The summed E-state index contributed by atoms with van der Waals surface area (Å²) in [5, 5.41) is 0. The van der Waals surface area contributed by atoms with E-state index in [0.717, 1.165) is 6.42 Å². The summed E-state index contributed by atoms with van der Waals surface area (Å²) >= 11 is 0. The molecule has 8 nitrogen and oxygen atoms in total. The lowest BCUT2D eigenvalue weighted by Gasteiger charge is -2.34. The molecule has 2 aliphatic heterocycles. The van der Waals surface area contributed by atoms with Gasteiger partial charge in [-0.2, -0.15) is 0 Å². The first kappa shape index (κ1) is 20.3. The number of nitrogens with one attached hydrogen (secondary N) is 1. The number of fused-ring (bicyclic) bond motifs is 1. The van der Waals surface area contributed by atoms with Crippen LogP contribution in [-0.4, -0.2) is 56.8 Å². The highest BCUT2D eigenvalue weighted by molar-refractivity contribution is 7.90. The van der Waals surface area contributed by atoms with Crippen LogP contribution in [0.15, 0.2) is 34.2 Å². The van der Waals surface area contributed by atoms with Gasteiger partial charge in [0.25, 0.3) is 15.9 Å². The van der Waals surface area contributed by atoms with Crippen LogP contribution in [0.4, 0.5) is 0 Å². The maximum atomic E-state index is 12.3. The fourth-order valence-electron chi connectivity index (χ4n) is 3.69. The van der Waals surface area contributed by atoms with Crippen LogP contribution in [0, 0.1) is 11.8 Å². The zero-order valence-corrected chi connectivity index (χ0v) is 17.0. The van der Waals surface area contributed by atoms with Gasteiger partial charge in [-0.05, 0) is 37.3 Å². The molecule has 0 saturated carbocycles. The molecule has 1 aromatic carbocycles. The number of ether oxygens (including phenoxy) is 1. The molecule has 0 radical (unpaired) electrons. The summed E-state index contributed by atoms with van der Waals surface area (Å²) in [6.45, 7) is 6.69. The average Bonchev–Trinajstić information content (AvgIpc) is 2.89. The molecule has 28 heavy (non-hydrogen) atoms. The number of hydrogen-bond acceptors (Lipinski definition) is 6. The number of carbonyl (C=O) groups is 2. The number of aliphatic imine (C=N–C) groups is 1. The van der Waals surface area contributed by atoms with Crippen LogP contribution in [0.3, 0.4) is 0 Å². The Labute approximate surface area is 165 Å². The smallest absolute Gasteiger partial charge is 0.331 e. The number of sulfonamides is 1. The van der Waals surface area contributed by atoms with Gasteiger partial charge < -0.3 is 9.64 Å². The Morgan fingerprint density at radius 3 is 2.57 bits per heavy atom. The third kappa shape index (κ3) is 4.35. The molecule has 1 fully saturated rings. The quantitative estimate of drug-likeness (QED) is 0.754.